The van der Waals surface area contributed by atoms with E-state index in [1.165, 1.54) is 12.8 Å². The van der Waals surface area contributed by atoms with Crippen molar-refractivity contribution >= 4 is 19.9 Å². The van der Waals surface area contributed by atoms with Crippen molar-refractivity contribution in [3.05, 3.63) is 0 Å². The van der Waals surface area contributed by atoms with E-state index in [-0.39, 0.29) is 17.9 Å². The molecule has 1 heterocycles. The Morgan fingerprint density at radius 2 is 1.90 bits per heavy atom. The molecule has 120 valence electrons. The number of hydrogen-bond acceptors (Lipinski definition) is 5. The minimum absolute atomic E-state index is 0.0858. The maximum absolute atomic E-state index is 11.7. The second-order valence-corrected chi connectivity index (χ2v) is 9.93. The van der Waals surface area contributed by atoms with Gasteiger partial charge in [-0.3, -0.25) is 0 Å². The molecule has 1 aliphatic heterocycles. The molecule has 1 fully saturated rings. The quantitative estimate of drug-likeness (QED) is 0.682. The second kappa shape index (κ2) is 7.72. The highest BCUT2D eigenvalue weighted by atomic mass is 32.2. The predicted molar refractivity (Wildman–Crippen MR) is 81.0 cm³/mol. The Kier molecular flexibility index (Phi) is 6.90. The van der Waals surface area contributed by atoms with E-state index < -0.39 is 19.9 Å². The van der Waals surface area contributed by atoms with Crippen molar-refractivity contribution in [2.45, 2.75) is 26.2 Å². The summed E-state index contributed by atoms with van der Waals surface area (Å²) in [5.74, 6) is 0.462. The fourth-order valence-corrected chi connectivity index (χ4v) is 4.35. The van der Waals surface area contributed by atoms with Gasteiger partial charge in [0.1, 0.15) is 9.84 Å². The number of nitrogens with one attached hydrogen (secondary N) is 1. The first-order valence-corrected chi connectivity index (χ1v) is 10.8. The molecule has 0 aromatic carbocycles. The molecular formula is C12H26N2O4S2. The van der Waals surface area contributed by atoms with Gasteiger partial charge in [-0.05, 0) is 31.7 Å². The summed E-state index contributed by atoms with van der Waals surface area (Å²) in [6, 6.07) is 0. The molecule has 1 atom stereocenters. The van der Waals surface area contributed by atoms with Crippen LogP contribution in [0, 0.1) is 5.92 Å². The summed E-state index contributed by atoms with van der Waals surface area (Å²) >= 11 is 0. The molecule has 0 bridgehead atoms. The average Bonchev–Trinajstić information content (AvgIpc) is 2.26. The zero-order valence-electron chi connectivity index (χ0n) is 12.3. The molecule has 1 aliphatic rings. The Bertz CT molecular complexity index is 488. The number of piperidine rings is 1. The van der Waals surface area contributed by atoms with Crippen LogP contribution in [0.4, 0.5) is 0 Å². The maximum atomic E-state index is 11.7. The molecular weight excluding hydrogens is 300 g/mol. The summed E-state index contributed by atoms with van der Waals surface area (Å²) < 4.78 is 47.8. The largest absolute Gasteiger partial charge is 0.302 e. The van der Waals surface area contributed by atoms with E-state index in [1.54, 1.807) is 0 Å². The van der Waals surface area contributed by atoms with Crippen LogP contribution in [0.2, 0.25) is 0 Å². The third kappa shape index (κ3) is 8.18. The Balaban J connectivity index is 2.22. The summed E-state index contributed by atoms with van der Waals surface area (Å²) in [7, 11) is -6.45. The van der Waals surface area contributed by atoms with Crippen molar-refractivity contribution in [2.24, 2.45) is 5.92 Å². The smallest absolute Gasteiger partial charge is 0.211 e. The van der Waals surface area contributed by atoms with Gasteiger partial charge < -0.3 is 4.90 Å². The topological polar surface area (TPSA) is 83.6 Å². The predicted octanol–water partition coefficient (Wildman–Crippen LogP) is 0.0724. The maximum Gasteiger partial charge on any atom is 0.211 e. The first kappa shape index (κ1) is 17.9. The number of hydrogen-bond donors (Lipinski definition) is 1. The van der Waals surface area contributed by atoms with E-state index in [0.717, 1.165) is 25.9 Å². The van der Waals surface area contributed by atoms with Crippen molar-refractivity contribution in [3.63, 3.8) is 0 Å². The lowest BCUT2D eigenvalue weighted by molar-refractivity contribution is 0.187. The molecule has 0 aromatic heterocycles. The first-order chi connectivity index (χ1) is 9.18. The van der Waals surface area contributed by atoms with Crippen LogP contribution in [-0.2, 0) is 19.9 Å². The van der Waals surface area contributed by atoms with E-state index in [0.29, 0.717) is 12.5 Å². The van der Waals surface area contributed by atoms with Gasteiger partial charge in [0.2, 0.25) is 10.0 Å². The van der Waals surface area contributed by atoms with Gasteiger partial charge in [-0.1, -0.05) is 6.92 Å². The lowest BCUT2D eigenvalue weighted by Gasteiger charge is -2.30. The Labute approximate surface area is 122 Å². The molecule has 8 heteroatoms. The molecule has 0 spiro atoms. The third-order valence-electron chi connectivity index (χ3n) is 3.42. The Morgan fingerprint density at radius 1 is 1.20 bits per heavy atom. The average molecular weight is 326 g/mol. The van der Waals surface area contributed by atoms with E-state index in [9.17, 15) is 16.8 Å². The minimum Gasteiger partial charge on any atom is -0.302 e. The van der Waals surface area contributed by atoms with Crippen molar-refractivity contribution in [1.29, 1.82) is 0 Å². The fraction of sp³-hybridized carbons (Fsp3) is 1.00. The highest BCUT2D eigenvalue weighted by molar-refractivity contribution is 7.91. The van der Waals surface area contributed by atoms with Crippen LogP contribution < -0.4 is 4.72 Å². The van der Waals surface area contributed by atoms with Gasteiger partial charge in [0.05, 0.1) is 11.5 Å². The normalized spacial score (nSPS) is 22.0. The Morgan fingerprint density at radius 3 is 2.50 bits per heavy atom. The van der Waals surface area contributed by atoms with Crippen molar-refractivity contribution in [2.75, 3.05) is 43.9 Å². The number of sulfone groups is 1. The van der Waals surface area contributed by atoms with Gasteiger partial charge in [-0.15, -0.1) is 0 Å². The number of rotatable bonds is 8. The van der Waals surface area contributed by atoms with E-state index in [4.69, 9.17) is 0 Å². The molecule has 0 radical (unpaired) electrons. The van der Waals surface area contributed by atoms with Gasteiger partial charge >= 0.3 is 0 Å². The van der Waals surface area contributed by atoms with Crippen LogP contribution >= 0.6 is 0 Å². The van der Waals surface area contributed by atoms with E-state index in [2.05, 4.69) is 16.5 Å². The van der Waals surface area contributed by atoms with Crippen LogP contribution in [-0.4, -0.2) is 65.7 Å². The third-order valence-corrected chi connectivity index (χ3v) is 5.92. The summed E-state index contributed by atoms with van der Waals surface area (Å²) in [6.45, 7) is 5.38. The van der Waals surface area contributed by atoms with Gasteiger partial charge in [0.25, 0.3) is 0 Å². The van der Waals surface area contributed by atoms with Gasteiger partial charge in [0.15, 0.2) is 0 Å². The lowest BCUT2D eigenvalue weighted by Crippen LogP contribution is -2.40. The lowest BCUT2D eigenvalue weighted by atomic mass is 10.0. The highest BCUT2D eigenvalue weighted by Gasteiger charge is 2.17. The summed E-state index contributed by atoms with van der Waals surface area (Å²) in [6.07, 6.45) is 3.68. The zero-order valence-corrected chi connectivity index (χ0v) is 14.0. The standard InChI is InChI=1S/C12H26N2O4S2/c1-12-5-3-7-14(11-12)8-6-13-20(17,18)10-4-9-19(2,15)16/h12-13H,3-11H2,1-2H3/t12-/m1/s1. The van der Waals surface area contributed by atoms with Crippen molar-refractivity contribution in [3.8, 4) is 0 Å². The zero-order chi connectivity index (χ0) is 15.2. The molecule has 0 unspecified atom stereocenters. The Hall–Kier alpha value is -0.180. The van der Waals surface area contributed by atoms with Crippen LogP contribution in [0.25, 0.3) is 0 Å². The molecule has 0 saturated carbocycles. The number of nitrogens with zero attached hydrogens (tertiary/aromatic N) is 1. The molecule has 6 nitrogen and oxygen atoms in total. The van der Waals surface area contributed by atoms with E-state index in [1.807, 2.05) is 0 Å². The summed E-state index contributed by atoms with van der Waals surface area (Å²) in [5, 5.41) is 0. The van der Waals surface area contributed by atoms with Gasteiger partial charge in [-0.25, -0.2) is 21.6 Å². The molecule has 0 aromatic rings. The van der Waals surface area contributed by atoms with Crippen molar-refractivity contribution in [1.82, 2.24) is 9.62 Å². The summed E-state index contributed by atoms with van der Waals surface area (Å²) in [4.78, 5) is 2.27. The minimum atomic E-state index is -3.36. The summed E-state index contributed by atoms with van der Waals surface area (Å²) in [5.41, 5.74) is 0. The van der Waals surface area contributed by atoms with Crippen LogP contribution in [0.5, 0.6) is 0 Å². The van der Waals surface area contributed by atoms with Crippen LogP contribution in [0.1, 0.15) is 26.2 Å². The molecule has 20 heavy (non-hydrogen) atoms. The van der Waals surface area contributed by atoms with Crippen molar-refractivity contribution < 1.29 is 16.8 Å². The highest BCUT2D eigenvalue weighted by Crippen LogP contribution is 2.14. The van der Waals surface area contributed by atoms with Crippen LogP contribution in [0.15, 0.2) is 0 Å². The number of sulfonamides is 1. The monoisotopic (exact) mass is 326 g/mol. The second-order valence-electron chi connectivity index (χ2n) is 5.74. The molecule has 1 rings (SSSR count). The van der Waals surface area contributed by atoms with Gasteiger partial charge in [-0.2, -0.15) is 0 Å². The fourth-order valence-electron chi connectivity index (χ4n) is 2.43. The molecule has 0 aliphatic carbocycles. The van der Waals surface area contributed by atoms with Gasteiger partial charge in [0, 0.05) is 25.9 Å². The molecule has 1 N–H and O–H groups in total. The van der Waals surface area contributed by atoms with Crippen LogP contribution in [0.3, 0.4) is 0 Å². The molecule has 0 amide bonds. The van der Waals surface area contributed by atoms with E-state index >= 15 is 0 Å². The molecule has 1 saturated heterocycles. The SMILES string of the molecule is C[C@@H]1CCCN(CCNS(=O)(=O)CCCS(C)(=O)=O)C1. The first-order valence-electron chi connectivity index (χ1n) is 7.05. The number of likely N-dealkylation sites (tertiary alicyclic amines) is 1.